The first-order valence-corrected chi connectivity index (χ1v) is 3.72. The van der Waals surface area contributed by atoms with Crippen molar-refractivity contribution in [1.29, 1.82) is 0 Å². The van der Waals surface area contributed by atoms with Crippen LogP contribution in [0.5, 0.6) is 0 Å². The van der Waals surface area contributed by atoms with Crippen LogP contribution in [0.1, 0.15) is 20.3 Å². The highest BCUT2D eigenvalue weighted by Crippen LogP contribution is 2.14. The molecule has 0 rings (SSSR count). The fourth-order valence-corrected chi connectivity index (χ4v) is 0.705. The van der Waals surface area contributed by atoms with Crippen molar-refractivity contribution in [3.63, 3.8) is 0 Å². The maximum absolute atomic E-state index is 12.9. The molecule has 0 aliphatic heterocycles. The lowest BCUT2D eigenvalue weighted by Gasteiger charge is -1.96. The van der Waals surface area contributed by atoms with Gasteiger partial charge in [-0.25, -0.2) is 4.39 Å². The third-order valence-electron chi connectivity index (χ3n) is 1.15. The number of aliphatic carboxylic acids is 1. The Kier molecular flexibility index (Phi) is 4.59. The molecular weight excluding hydrogens is 183 g/mol. The lowest BCUT2D eigenvalue weighted by atomic mass is 10.2. The first-order valence-electron chi connectivity index (χ1n) is 3.34. The second kappa shape index (κ2) is 4.93. The quantitative estimate of drug-likeness (QED) is 0.699. The molecule has 0 fully saturated rings. The van der Waals surface area contributed by atoms with Gasteiger partial charge in [-0.05, 0) is 25.5 Å². The van der Waals surface area contributed by atoms with Crippen molar-refractivity contribution in [2.45, 2.75) is 20.3 Å². The van der Waals surface area contributed by atoms with E-state index in [9.17, 15) is 9.18 Å². The first-order chi connectivity index (χ1) is 5.43. The third kappa shape index (κ3) is 4.91. The molecule has 0 aromatic rings. The smallest absolute Gasteiger partial charge is 0.307 e. The first kappa shape index (κ1) is 11.2. The molecule has 0 amide bonds. The molecule has 2 nitrogen and oxygen atoms in total. The highest BCUT2D eigenvalue weighted by Gasteiger charge is 2.03. The molecule has 0 radical (unpaired) electrons. The van der Waals surface area contributed by atoms with E-state index in [1.54, 1.807) is 0 Å². The van der Waals surface area contributed by atoms with E-state index in [4.69, 9.17) is 16.7 Å². The minimum Gasteiger partial charge on any atom is -0.481 e. The largest absolute Gasteiger partial charge is 0.481 e. The molecular formula is C8H10ClFO2. The zero-order chi connectivity index (χ0) is 9.72. The van der Waals surface area contributed by atoms with Gasteiger partial charge in [0.2, 0.25) is 0 Å². The van der Waals surface area contributed by atoms with E-state index < -0.39 is 11.8 Å². The van der Waals surface area contributed by atoms with Crippen LogP contribution >= 0.6 is 11.6 Å². The summed E-state index contributed by atoms with van der Waals surface area (Å²) in [4.78, 5) is 10.1. The SMILES string of the molecule is CC(Cl)=CC(F)=C(C)CC(=O)O. The molecule has 0 bridgehead atoms. The van der Waals surface area contributed by atoms with Gasteiger partial charge in [0.15, 0.2) is 0 Å². The summed E-state index contributed by atoms with van der Waals surface area (Å²) in [5.74, 6) is -1.63. The molecule has 0 spiro atoms. The Morgan fingerprint density at radius 2 is 2.08 bits per heavy atom. The van der Waals surface area contributed by atoms with Crippen LogP contribution in [-0.4, -0.2) is 11.1 Å². The van der Waals surface area contributed by atoms with Crippen LogP contribution in [0.3, 0.4) is 0 Å². The summed E-state index contributed by atoms with van der Waals surface area (Å²) in [6.45, 7) is 2.94. The van der Waals surface area contributed by atoms with Gasteiger partial charge in [0.25, 0.3) is 0 Å². The second-order valence-electron chi connectivity index (χ2n) is 2.43. The van der Waals surface area contributed by atoms with Gasteiger partial charge in [0, 0.05) is 5.03 Å². The Bertz CT molecular complexity index is 239. The van der Waals surface area contributed by atoms with Crippen LogP contribution < -0.4 is 0 Å². The van der Waals surface area contributed by atoms with E-state index in [1.807, 2.05) is 0 Å². The van der Waals surface area contributed by atoms with Crippen LogP contribution in [-0.2, 0) is 4.79 Å². The van der Waals surface area contributed by atoms with Crippen molar-refractivity contribution in [1.82, 2.24) is 0 Å². The molecule has 0 aliphatic rings. The van der Waals surface area contributed by atoms with Crippen molar-refractivity contribution in [3.05, 3.63) is 22.5 Å². The number of carbonyl (C=O) groups is 1. The molecule has 0 saturated carbocycles. The Balaban J connectivity index is 4.47. The minimum absolute atomic E-state index is 0.169. The minimum atomic E-state index is -1.05. The van der Waals surface area contributed by atoms with Crippen molar-refractivity contribution in [3.8, 4) is 0 Å². The predicted octanol–water partition coefficient (Wildman–Crippen LogP) is 2.85. The van der Waals surface area contributed by atoms with E-state index in [1.165, 1.54) is 13.8 Å². The van der Waals surface area contributed by atoms with Crippen LogP contribution in [0, 0.1) is 0 Å². The molecule has 0 atom stereocenters. The topological polar surface area (TPSA) is 37.3 Å². The molecule has 0 aliphatic carbocycles. The summed E-state index contributed by atoms with van der Waals surface area (Å²) in [5.41, 5.74) is 0.169. The standard InChI is InChI=1S/C8H10ClFO2/c1-5(3-8(11)12)7(10)4-6(2)9/h4H,3H2,1-2H3,(H,11,12). The molecule has 0 heterocycles. The zero-order valence-electron chi connectivity index (χ0n) is 6.90. The Morgan fingerprint density at radius 1 is 1.58 bits per heavy atom. The van der Waals surface area contributed by atoms with Crippen LogP contribution in [0.25, 0.3) is 0 Å². The number of halogens is 2. The lowest BCUT2D eigenvalue weighted by Crippen LogP contribution is -1.95. The fraction of sp³-hybridized carbons (Fsp3) is 0.375. The molecule has 4 heteroatoms. The third-order valence-corrected chi connectivity index (χ3v) is 1.26. The van der Waals surface area contributed by atoms with Gasteiger partial charge >= 0.3 is 5.97 Å². The molecule has 0 unspecified atom stereocenters. The number of allylic oxidation sites excluding steroid dienone is 3. The molecule has 0 aromatic heterocycles. The molecule has 0 saturated heterocycles. The summed E-state index contributed by atoms with van der Waals surface area (Å²) < 4.78 is 12.9. The van der Waals surface area contributed by atoms with E-state index >= 15 is 0 Å². The van der Waals surface area contributed by atoms with Gasteiger partial charge < -0.3 is 5.11 Å². The van der Waals surface area contributed by atoms with E-state index in [0.29, 0.717) is 0 Å². The van der Waals surface area contributed by atoms with Gasteiger partial charge in [-0.3, -0.25) is 4.79 Å². The maximum atomic E-state index is 12.9. The number of hydrogen-bond donors (Lipinski definition) is 1. The Labute approximate surface area is 75.3 Å². The van der Waals surface area contributed by atoms with E-state index in [0.717, 1.165) is 6.08 Å². The van der Waals surface area contributed by atoms with Crippen molar-refractivity contribution in [2.24, 2.45) is 0 Å². The number of carboxylic acid groups (broad SMARTS) is 1. The van der Waals surface area contributed by atoms with Crippen molar-refractivity contribution >= 4 is 17.6 Å². The summed E-state index contributed by atoms with van der Waals surface area (Å²) in [6.07, 6.45) is 0.798. The zero-order valence-corrected chi connectivity index (χ0v) is 7.65. The lowest BCUT2D eigenvalue weighted by molar-refractivity contribution is -0.136. The fourth-order valence-electron chi connectivity index (χ4n) is 0.609. The Hall–Kier alpha value is -0.830. The summed E-state index contributed by atoms with van der Waals surface area (Å²) in [7, 11) is 0. The predicted molar refractivity (Wildman–Crippen MR) is 45.7 cm³/mol. The maximum Gasteiger partial charge on any atom is 0.307 e. The molecule has 1 N–H and O–H groups in total. The van der Waals surface area contributed by atoms with Crippen LogP contribution in [0.4, 0.5) is 4.39 Å². The summed E-state index contributed by atoms with van der Waals surface area (Å²) >= 11 is 5.39. The second-order valence-corrected chi connectivity index (χ2v) is 3.03. The van der Waals surface area contributed by atoms with Crippen molar-refractivity contribution in [2.75, 3.05) is 0 Å². The summed E-state index contributed by atoms with van der Waals surface area (Å²) in [6, 6.07) is 0. The van der Waals surface area contributed by atoms with Gasteiger partial charge in [-0.15, -0.1) is 0 Å². The molecule has 0 aromatic carbocycles. The number of carboxylic acids is 1. The van der Waals surface area contributed by atoms with Crippen LogP contribution in [0.15, 0.2) is 22.5 Å². The average molecular weight is 193 g/mol. The highest BCUT2D eigenvalue weighted by molar-refractivity contribution is 6.29. The monoisotopic (exact) mass is 192 g/mol. The van der Waals surface area contributed by atoms with Gasteiger partial charge in [0.05, 0.1) is 6.42 Å². The highest BCUT2D eigenvalue weighted by atomic mass is 35.5. The number of rotatable bonds is 3. The van der Waals surface area contributed by atoms with Gasteiger partial charge in [-0.2, -0.15) is 0 Å². The van der Waals surface area contributed by atoms with Crippen LogP contribution in [0.2, 0.25) is 0 Å². The van der Waals surface area contributed by atoms with Gasteiger partial charge in [-0.1, -0.05) is 11.6 Å². The Morgan fingerprint density at radius 3 is 2.42 bits per heavy atom. The van der Waals surface area contributed by atoms with E-state index in [2.05, 4.69) is 0 Å². The molecule has 12 heavy (non-hydrogen) atoms. The van der Waals surface area contributed by atoms with E-state index in [-0.39, 0.29) is 17.0 Å². The van der Waals surface area contributed by atoms with Crippen molar-refractivity contribution < 1.29 is 14.3 Å². The average Bonchev–Trinajstić information content (AvgIpc) is 1.84. The molecule has 68 valence electrons. The van der Waals surface area contributed by atoms with Gasteiger partial charge in [0.1, 0.15) is 5.83 Å². The normalized spacial score (nSPS) is 14.2. The number of hydrogen-bond acceptors (Lipinski definition) is 1. The summed E-state index contributed by atoms with van der Waals surface area (Å²) in [5, 5.41) is 8.60.